The van der Waals surface area contributed by atoms with Gasteiger partial charge in [-0.2, -0.15) is 5.26 Å². The topological polar surface area (TPSA) is 222 Å². The van der Waals surface area contributed by atoms with Crippen LogP contribution in [-0.2, 0) is 40.9 Å². The Labute approximate surface area is 225 Å². The van der Waals surface area contributed by atoms with Gasteiger partial charge in [-0.1, -0.05) is 18.2 Å². The number of nitrogen functional groups attached to an aromatic ring is 1. The van der Waals surface area contributed by atoms with Gasteiger partial charge in [0.1, 0.15) is 24.6 Å². The first-order valence-electron chi connectivity index (χ1n) is 11.9. The smallest absolute Gasteiger partial charge is 0.404 e. The third-order valence-electron chi connectivity index (χ3n) is 5.11. The fourth-order valence-electron chi connectivity index (χ4n) is 3.53. The molecule has 1 aromatic carbocycles. The van der Waals surface area contributed by atoms with Crippen LogP contribution in [0, 0.1) is 11.3 Å². The number of hydrogen-bond acceptors (Lipinski definition) is 12. The van der Waals surface area contributed by atoms with E-state index >= 15 is 0 Å². The molecular formula is C23H30N7O8P. The average Bonchev–Trinajstić information content (AvgIpc) is 3.27. The largest absolute Gasteiger partial charge is 0.446 e. The Morgan fingerprint density at radius 2 is 1.87 bits per heavy atom. The second kappa shape index (κ2) is 15.0. The number of carbonyl (C=O) groups excluding carboxylic acids is 2. The second-order valence-electron chi connectivity index (χ2n) is 7.81. The number of fused-ring (bicyclic) bond motifs is 3. The average molecular weight is 564 g/mol. The first-order chi connectivity index (χ1) is 18.8. The molecule has 6 N–H and O–H groups in total. The van der Waals surface area contributed by atoms with Crippen molar-refractivity contribution in [1.82, 2.24) is 14.5 Å². The van der Waals surface area contributed by atoms with Gasteiger partial charge in [0, 0.05) is 18.5 Å². The van der Waals surface area contributed by atoms with Gasteiger partial charge in [-0.3, -0.25) is 0 Å². The molecule has 15 nitrogen and oxygen atoms in total. The van der Waals surface area contributed by atoms with Crippen molar-refractivity contribution in [2.24, 2.45) is 11.5 Å². The number of nitrogens with two attached hydrogens (primary N) is 3. The van der Waals surface area contributed by atoms with Crippen LogP contribution in [0.15, 0.2) is 24.3 Å². The summed E-state index contributed by atoms with van der Waals surface area (Å²) in [5.74, 6) is 0.930. The molecule has 16 heteroatoms. The van der Waals surface area contributed by atoms with Crippen molar-refractivity contribution in [2.45, 2.75) is 32.6 Å². The van der Waals surface area contributed by atoms with Crippen molar-refractivity contribution in [3.8, 4) is 6.07 Å². The van der Waals surface area contributed by atoms with E-state index in [0.29, 0.717) is 30.3 Å². The minimum atomic E-state index is -2.00. The molecule has 0 bridgehead atoms. The van der Waals surface area contributed by atoms with Gasteiger partial charge < -0.3 is 49.5 Å². The number of anilines is 1. The minimum Gasteiger partial charge on any atom is -0.446 e. The number of ether oxygens (including phenoxy) is 3. The van der Waals surface area contributed by atoms with E-state index in [4.69, 9.17) is 45.5 Å². The Hall–Kier alpha value is -3.80. The van der Waals surface area contributed by atoms with Crippen LogP contribution in [0.5, 0.6) is 0 Å². The van der Waals surface area contributed by atoms with E-state index in [1.807, 2.05) is 41.8 Å². The van der Waals surface area contributed by atoms with Gasteiger partial charge in [0.05, 0.1) is 43.3 Å². The maximum absolute atomic E-state index is 11.2. The molecule has 0 spiro atoms. The molecule has 2 atom stereocenters. The highest BCUT2D eigenvalue weighted by Gasteiger charge is 2.22. The minimum absolute atomic E-state index is 0.0395. The van der Waals surface area contributed by atoms with Crippen LogP contribution in [0.25, 0.3) is 21.9 Å². The molecule has 2 heterocycles. The molecule has 0 aliphatic heterocycles. The summed E-state index contributed by atoms with van der Waals surface area (Å²) >= 11 is 0. The Balaban J connectivity index is 1.77. The number of carbonyl (C=O) groups is 2. The standard InChI is InChI=1S/C23H30N7O8P/c1-2-33-14-18-29-19-20(16-6-3-4-7-17(16)28-21(19)25)30(18)9-11-36-39(35-10-5-8-24)37-13-15(38-23(27)32)12-34-22(26)31/h3-4,6-7,15H,2,5,9-14H2,1H3,(H2,25,28)(H2,26,31)(H2,27,32)/t15-,39?/m1/s1. The van der Waals surface area contributed by atoms with E-state index in [1.54, 1.807) is 0 Å². The molecule has 2 amide bonds. The highest BCUT2D eigenvalue weighted by atomic mass is 31.2. The van der Waals surface area contributed by atoms with Crippen molar-refractivity contribution in [2.75, 3.05) is 38.8 Å². The Morgan fingerprint density at radius 1 is 1.10 bits per heavy atom. The summed E-state index contributed by atoms with van der Waals surface area (Å²) < 4.78 is 34.2. The number of imidazole rings is 1. The third-order valence-corrected chi connectivity index (χ3v) is 6.25. The lowest BCUT2D eigenvalue weighted by atomic mass is 10.2. The van der Waals surface area contributed by atoms with Gasteiger partial charge >= 0.3 is 20.8 Å². The van der Waals surface area contributed by atoms with Crippen LogP contribution in [0.3, 0.4) is 0 Å². The molecule has 2 aromatic heterocycles. The Morgan fingerprint density at radius 3 is 2.59 bits per heavy atom. The Kier molecular flexibility index (Phi) is 11.4. The number of nitriles is 1. The molecule has 0 radical (unpaired) electrons. The molecule has 0 saturated carbocycles. The molecule has 1 unspecified atom stereocenters. The highest BCUT2D eigenvalue weighted by molar-refractivity contribution is 7.41. The predicted molar refractivity (Wildman–Crippen MR) is 140 cm³/mol. The van der Waals surface area contributed by atoms with Crippen LogP contribution in [0.1, 0.15) is 19.2 Å². The normalized spacial score (nSPS) is 12.7. The van der Waals surface area contributed by atoms with Crippen LogP contribution in [0.4, 0.5) is 15.4 Å². The maximum Gasteiger partial charge on any atom is 0.404 e. The molecule has 3 aromatic rings. The summed E-state index contributed by atoms with van der Waals surface area (Å²) in [6.07, 6.45) is -3.11. The summed E-state index contributed by atoms with van der Waals surface area (Å²) in [6.45, 7) is 2.44. The lowest BCUT2D eigenvalue weighted by Gasteiger charge is -2.21. The zero-order chi connectivity index (χ0) is 28.2. The lowest BCUT2D eigenvalue weighted by Crippen LogP contribution is -2.32. The molecule has 210 valence electrons. The number of amides is 2. The van der Waals surface area contributed by atoms with Gasteiger partial charge in [0.15, 0.2) is 11.9 Å². The third kappa shape index (κ3) is 8.60. The van der Waals surface area contributed by atoms with Crippen LogP contribution >= 0.6 is 8.60 Å². The van der Waals surface area contributed by atoms with E-state index in [1.165, 1.54) is 0 Å². The van der Waals surface area contributed by atoms with E-state index in [9.17, 15) is 9.59 Å². The van der Waals surface area contributed by atoms with E-state index in [0.717, 1.165) is 16.4 Å². The quantitative estimate of drug-likeness (QED) is 0.169. The van der Waals surface area contributed by atoms with Gasteiger partial charge in [0.25, 0.3) is 0 Å². The number of rotatable bonds is 16. The summed E-state index contributed by atoms with van der Waals surface area (Å²) in [4.78, 5) is 31.2. The van der Waals surface area contributed by atoms with Crippen molar-refractivity contribution in [3.05, 3.63) is 30.1 Å². The summed E-state index contributed by atoms with van der Waals surface area (Å²) in [7, 11) is -2.00. The molecule has 3 rings (SSSR count). The molecule has 0 aliphatic carbocycles. The number of pyridine rings is 1. The van der Waals surface area contributed by atoms with Crippen molar-refractivity contribution < 1.29 is 37.4 Å². The zero-order valence-corrected chi connectivity index (χ0v) is 22.2. The van der Waals surface area contributed by atoms with Gasteiger partial charge in [-0.05, 0) is 13.0 Å². The molecular weight excluding hydrogens is 533 g/mol. The first-order valence-corrected chi connectivity index (χ1v) is 13.0. The molecule has 0 fully saturated rings. The number of primary amides is 2. The van der Waals surface area contributed by atoms with Gasteiger partial charge in [-0.25, -0.2) is 19.6 Å². The molecule has 0 aliphatic rings. The first kappa shape index (κ1) is 29.8. The van der Waals surface area contributed by atoms with E-state index in [2.05, 4.69) is 14.7 Å². The van der Waals surface area contributed by atoms with Crippen molar-refractivity contribution in [3.63, 3.8) is 0 Å². The number of hydrogen-bond donors (Lipinski definition) is 3. The van der Waals surface area contributed by atoms with Gasteiger partial charge in [0.2, 0.25) is 0 Å². The van der Waals surface area contributed by atoms with Crippen LogP contribution in [0.2, 0.25) is 0 Å². The van der Waals surface area contributed by atoms with Crippen LogP contribution < -0.4 is 17.2 Å². The highest BCUT2D eigenvalue weighted by Crippen LogP contribution is 2.40. The van der Waals surface area contributed by atoms with Gasteiger partial charge in [-0.15, -0.1) is 0 Å². The number of aromatic nitrogens is 3. The summed E-state index contributed by atoms with van der Waals surface area (Å²) in [5, 5.41) is 9.72. The maximum atomic E-state index is 11.2. The fourth-order valence-corrected chi connectivity index (χ4v) is 4.52. The zero-order valence-electron chi connectivity index (χ0n) is 21.3. The molecule has 39 heavy (non-hydrogen) atoms. The lowest BCUT2D eigenvalue weighted by molar-refractivity contribution is 0.0188. The number of para-hydroxylation sites is 1. The monoisotopic (exact) mass is 563 g/mol. The second-order valence-corrected chi connectivity index (χ2v) is 9.03. The number of nitrogens with zero attached hydrogens (tertiary/aromatic N) is 4. The summed E-state index contributed by atoms with van der Waals surface area (Å²) in [5.41, 5.74) is 18.3. The molecule has 0 saturated heterocycles. The predicted octanol–water partition coefficient (Wildman–Crippen LogP) is 2.45. The number of benzene rings is 1. The van der Waals surface area contributed by atoms with Crippen LogP contribution in [-0.4, -0.2) is 65.9 Å². The van der Waals surface area contributed by atoms with E-state index in [-0.39, 0.29) is 39.5 Å². The SMILES string of the molecule is CCOCc1nc2c(N)nc3ccccc3c2n1CCOP(OCCC#N)OC[C@@H](COC(N)=O)OC(N)=O. The fraction of sp³-hybridized carbons (Fsp3) is 0.435. The van der Waals surface area contributed by atoms with E-state index < -0.39 is 26.9 Å². The van der Waals surface area contributed by atoms with Crippen molar-refractivity contribution >= 4 is 48.5 Å². The Bertz CT molecular complexity index is 1320. The summed E-state index contributed by atoms with van der Waals surface area (Å²) in [6, 6.07) is 9.54. The van der Waals surface area contributed by atoms with Crippen molar-refractivity contribution in [1.29, 1.82) is 5.26 Å².